The predicted molar refractivity (Wildman–Crippen MR) is 65.3 cm³/mol. The van der Waals surface area contributed by atoms with E-state index in [4.69, 9.17) is 9.84 Å². The molecular weight excluding hydrogens is 218 g/mol. The maximum Gasteiger partial charge on any atom is 0.326 e. The molecule has 1 heterocycles. The first-order valence-electron chi connectivity index (χ1n) is 5.74. The first-order valence-corrected chi connectivity index (χ1v) is 5.74. The lowest BCUT2D eigenvalue weighted by Crippen LogP contribution is -2.37. The second kappa shape index (κ2) is 4.75. The highest BCUT2D eigenvalue weighted by Crippen LogP contribution is 2.32. The molecule has 17 heavy (non-hydrogen) atoms. The van der Waals surface area contributed by atoms with Crippen LogP contribution in [0.3, 0.4) is 0 Å². The normalized spacial score (nSPS) is 15.8. The quantitative estimate of drug-likeness (QED) is 0.862. The molecule has 0 fully saturated rings. The van der Waals surface area contributed by atoms with Gasteiger partial charge in [0.2, 0.25) is 0 Å². The zero-order valence-electron chi connectivity index (χ0n) is 10.1. The molecule has 1 aromatic carbocycles. The number of benzene rings is 1. The van der Waals surface area contributed by atoms with Gasteiger partial charge in [0.25, 0.3) is 0 Å². The number of hydrogen-bond acceptors (Lipinski definition) is 3. The van der Waals surface area contributed by atoms with Gasteiger partial charge in [-0.1, -0.05) is 12.1 Å². The minimum Gasteiger partial charge on any atom is -0.480 e. The Bertz CT molecular complexity index is 431. The maximum atomic E-state index is 11.0. The van der Waals surface area contributed by atoms with Gasteiger partial charge in [-0.05, 0) is 30.5 Å². The van der Waals surface area contributed by atoms with Gasteiger partial charge in [-0.3, -0.25) is 0 Å². The summed E-state index contributed by atoms with van der Waals surface area (Å²) in [5, 5.41) is 9.07. The maximum absolute atomic E-state index is 11.0. The lowest BCUT2D eigenvalue weighted by molar-refractivity contribution is -0.138. The van der Waals surface area contributed by atoms with Crippen molar-refractivity contribution >= 4 is 11.7 Å². The number of fused-ring (bicyclic) bond motifs is 1. The van der Waals surface area contributed by atoms with E-state index >= 15 is 0 Å². The average molecular weight is 235 g/mol. The van der Waals surface area contributed by atoms with Crippen LogP contribution in [0, 0.1) is 0 Å². The fraction of sp³-hybridized carbons (Fsp3) is 0.462. The zero-order valence-corrected chi connectivity index (χ0v) is 10.1. The van der Waals surface area contributed by atoms with Crippen molar-refractivity contribution in [1.29, 1.82) is 0 Å². The minimum atomic E-state index is -0.782. The van der Waals surface area contributed by atoms with Gasteiger partial charge in [0.05, 0.1) is 6.61 Å². The van der Waals surface area contributed by atoms with Crippen LogP contribution in [0.15, 0.2) is 18.2 Å². The third kappa shape index (κ3) is 2.13. The summed E-state index contributed by atoms with van der Waals surface area (Å²) in [6.45, 7) is 3.07. The highest BCUT2D eigenvalue weighted by molar-refractivity contribution is 5.79. The number of methoxy groups -OCH3 is 1. The van der Waals surface area contributed by atoms with E-state index in [1.165, 1.54) is 5.56 Å². The molecule has 0 spiro atoms. The fourth-order valence-corrected chi connectivity index (χ4v) is 2.36. The number of nitrogens with zero attached hydrogens (tertiary/aromatic N) is 1. The summed E-state index contributed by atoms with van der Waals surface area (Å²) in [6.07, 6.45) is 0.895. The molecule has 0 unspecified atom stereocenters. The Kier molecular flexibility index (Phi) is 3.33. The highest BCUT2D eigenvalue weighted by Gasteiger charge is 2.28. The van der Waals surface area contributed by atoms with Crippen LogP contribution in [0.5, 0.6) is 0 Å². The zero-order chi connectivity index (χ0) is 12.4. The number of carboxylic acid groups (broad SMARTS) is 1. The van der Waals surface area contributed by atoms with Crippen LogP contribution in [0.2, 0.25) is 0 Å². The van der Waals surface area contributed by atoms with Crippen molar-refractivity contribution in [3.63, 3.8) is 0 Å². The molecule has 4 nitrogen and oxygen atoms in total. The molecule has 1 N–H and O–H groups in total. The van der Waals surface area contributed by atoms with Gasteiger partial charge in [0.15, 0.2) is 0 Å². The van der Waals surface area contributed by atoms with Crippen LogP contribution in [0.25, 0.3) is 0 Å². The molecular formula is C13H17NO3. The molecule has 0 aromatic heterocycles. The van der Waals surface area contributed by atoms with Crippen LogP contribution < -0.4 is 4.90 Å². The van der Waals surface area contributed by atoms with Crippen molar-refractivity contribution in [3.05, 3.63) is 29.3 Å². The smallest absolute Gasteiger partial charge is 0.326 e. The predicted octanol–water partition coefficient (Wildman–Crippen LogP) is 1.67. The molecule has 0 saturated carbocycles. The summed E-state index contributed by atoms with van der Waals surface area (Å²) < 4.78 is 5.16. The molecule has 1 atom stereocenters. The summed E-state index contributed by atoms with van der Waals surface area (Å²) in [7, 11) is 1.67. The van der Waals surface area contributed by atoms with Gasteiger partial charge in [0, 0.05) is 19.3 Å². The van der Waals surface area contributed by atoms with Crippen molar-refractivity contribution < 1.29 is 14.6 Å². The molecule has 0 aliphatic carbocycles. The van der Waals surface area contributed by atoms with Crippen molar-refractivity contribution in [3.8, 4) is 0 Å². The molecule has 1 aromatic rings. The van der Waals surface area contributed by atoms with Crippen LogP contribution in [-0.2, 0) is 22.6 Å². The van der Waals surface area contributed by atoms with Crippen LogP contribution in [0.4, 0.5) is 5.69 Å². The van der Waals surface area contributed by atoms with Gasteiger partial charge >= 0.3 is 5.97 Å². The first kappa shape index (κ1) is 11.9. The summed E-state index contributed by atoms with van der Waals surface area (Å²) in [5.74, 6) is -0.782. The van der Waals surface area contributed by atoms with E-state index in [0.29, 0.717) is 6.61 Å². The van der Waals surface area contributed by atoms with Gasteiger partial charge in [-0.15, -0.1) is 0 Å². The third-order valence-corrected chi connectivity index (χ3v) is 3.29. The number of rotatable bonds is 4. The number of ether oxygens (including phenoxy) is 1. The van der Waals surface area contributed by atoms with Crippen molar-refractivity contribution in [1.82, 2.24) is 0 Å². The van der Waals surface area contributed by atoms with Crippen molar-refractivity contribution in [2.45, 2.75) is 26.0 Å². The van der Waals surface area contributed by atoms with Gasteiger partial charge < -0.3 is 14.7 Å². The van der Waals surface area contributed by atoms with Gasteiger partial charge in [0.1, 0.15) is 6.04 Å². The van der Waals surface area contributed by atoms with E-state index in [9.17, 15) is 4.79 Å². The Hall–Kier alpha value is -1.55. The number of carboxylic acids is 1. The van der Waals surface area contributed by atoms with Crippen LogP contribution in [0.1, 0.15) is 18.1 Å². The molecule has 1 aliphatic heterocycles. The fourth-order valence-electron chi connectivity index (χ4n) is 2.36. The minimum absolute atomic E-state index is 0.478. The van der Waals surface area contributed by atoms with Gasteiger partial charge in [-0.2, -0.15) is 0 Å². The Balaban J connectivity index is 2.32. The first-order chi connectivity index (χ1) is 8.15. The Morgan fingerprint density at radius 3 is 3.00 bits per heavy atom. The van der Waals surface area contributed by atoms with E-state index < -0.39 is 12.0 Å². The second-order valence-electron chi connectivity index (χ2n) is 4.31. The third-order valence-electron chi connectivity index (χ3n) is 3.29. The molecule has 0 radical (unpaired) electrons. The summed E-state index contributed by atoms with van der Waals surface area (Å²) in [6, 6.07) is 5.51. The summed E-state index contributed by atoms with van der Waals surface area (Å²) in [4.78, 5) is 13.0. The highest BCUT2D eigenvalue weighted by atomic mass is 16.5. The molecule has 0 bridgehead atoms. The monoisotopic (exact) mass is 235 g/mol. The average Bonchev–Trinajstić information content (AvgIpc) is 2.73. The Labute approximate surface area is 101 Å². The molecule has 0 amide bonds. The molecule has 92 valence electrons. The van der Waals surface area contributed by atoms with E-state index in [1.807, 2.05) is 23.1 Å². The SMILES string of the molecule is COCc1cccc2c1CCN2[C@@H](C)C(=O)O. The number of hydrogen-bond donors (Lipinski definition) is 1. The summed E-state index contributed by atoms with van der Waals surface area (Å²) >= 11 is 0. The van der Waals surface area contributed by atoms with E-state index in [2.05, 4.69) is 0 Å². The van der Waals surface area contributed by atoms with E-state index in [0.717, 1.165) is 24.2 Å². The second-order valence-corrected chi connectivity index (χ2v) is 4.31. The topological polar surface area (TPSA) is 49.8 Å². The number of aliphatic carboxylic acids is 1. The number of anilines is 1. The lowest BCUT2D eigenvalue weighted by Gasteiger charge is -2.24. The standard InChI is InChI=1S/C13H17NO3/c1-9(13(15)16)14-7-6-11-10(8-17-2)4-3-5-12(11)14/h3-5,9H,6-8H2,1-2H3,(H,15,16)/t9-/m0/s1. The van der Waals surface area contributed by atoms with E-state index in [-0.39, 0.29) is 0 Å². The molecule has 1 aliphatic rings. The van der Waals surface area contributed by atoms with E-state index in [1.54, 1.807) is 14.0 Å². The molecule has 4 heteroatoms. The number of carbonyl (C=O) groups is 1. The summed E-state index contributed by atoms with van der Waals surface area (Å²) in [5.41, 5.74) is 3.42. The lowest BCUT2D eigenvalue weighted by atomic mass is 10.1. The Morgan fingerprint density at radius 2 is 2.35 bits per heavy atom. The Morgan fingerprint density at radius 1 is 1.59 bits per heavy atom. The van der Waals surface area contributed by atoms with Crippen molar-refractivity contribution in [2.24, 2.45) is 0 Å². The largest absolute Gasteiger partial charge is 0.480 e. The van der Waals surface area contributed by atoms with Crippen molar-refractivity contribution in [2.75, 3.05) is 18.6 Å². The van der Waals surface area contributed by atoms with Gasteiger partial charge in [-0.25, -0.2) is 4.79 Å². The molecule has 0 saturated heterocycles. The van der Waals surface area contributed by atoms with Crippen LogP contribution >= 0.6 is 0 Å². The van der Waals surface area contributed by atoms with Crippen LogP contribution in [-0.4, -0.2) is 30.8 Å². The molecule has 2 rings (SSSR count).